The molecule has 0 heterocycles. The van der Waals surface area contributed by atoms with Crippen LogP contribution in [0.25, 0.3) is 0 Å². The molecular formula is C14H28N2OS. The van der Waals surface area contributed by atoms with Crippen molar-refractivity contribution in [2.75, 3.05) is 18.6 Å². The Morgan fingerprint density at radius 3 is 2.67 bits per heavy atom. The summed E-state index contributed by atoms with van der Waals surface area (Å²) < 4.78 is 0. The van der Waals surface area contributed by atoms with Crippen LogP contribution < -0.4 is 10.6 Å². The molecule has 1 saturated carbocycles. The lowest BCUT2D eigenvalue weighted by atomic mass is 9.95. The van der Waals surface area contributed by atoms with Crippen LogP contribution in [-0.2, 0) is 4.79 Å². The summed E-state index contributed by atoms with van der Waals surface area (Å²) in [4.78, 5) is 12.0. The van der Waals surface area contributed by atoms with E-state index in [2.05, 4.69) is 16.9 Å². The minimum Gasteiger partial charge on any atom is -0.352 e. The highest BCUT2D eigenvalue weighted by Gasteiger charge is 2.18. The van der Waals surface area contributed by atoms with Crippen molar-refractivity contribution in [3.63, 3.8) is 0 Å². The number of amides is 1. The molecule has 1 rings (SSSR count). The molecule has 0 bridgehead atoms. The van der Waals surface area contributed by atoms with Gasteiger partial charge in [-0.1, -0.05) is 19.3 Å². The zero-order valence-electron chi connectivity index (χ0n) is 11.8. The highest BCUT2D eigenvalue weighted by Crippen LogP contribution is 2.17. The molecule has 1 fully saturated rings. The summed E-state index contributed by atoms with van der Waals surface area (Å²) in [5.74, 6) is 1.39. The third-order valence-electron chi connectivity index (χ3n) is 3.57. The first-order valence-electron chi connectivity index (χ1n) is 7.26. The fourth-order valence-corrected chi connectivity index (χ4v) is 2.85. The Labute approximate surface area is 116 Å². The molecule has 1 aliphatic rings. The molecule has 4 heteroatoms. The smallest absolute Gasteiger partial charge is 0.237 e. The number of nitrogens with one attached hydrogen (secondary N) is 2. The van der Waals surface area contributed by atoms with E-state index in [1.54, 1.807) is 0 Å². The molecule has 1 atom stereocenters. The lowest BCUT2D eigenvalue weighted by molar-refractivity contribution is -0.123. The van der Waals surface area contributed by atoms with Crippen molar-refractivity contribution in [2.24, 2.45) is 0 Å². The van der Waals surface area contributed by atoms with Crippen LogP contribution in [0.5, 0.6) is 0 Å². The molecule has 3 nitrogen and oxygen atoms in total. The minimum atomic E-state index is -0.0544. The molecule has 0 aromatic heterocycles. The van der Waals surface area contributed by atoms with Crippen LogP contribution in [0.4, 0.5) is 0 Å². The first-order valence-corrected chi connectivity index (χ1v) is 8.66. The van der Waals surface area contributed by atoms with Gasteiger partial charge in [0.25, 0.3) is 0 Å². The van der Waals surface area contributed by atoms with Gasteiger partial charge < -0.3 is 10.6 Å². The van der Waals surface area contributed by atoms with Crippen LogP contribution in [0.15, 0.2) is 0 Å². The highest BCUT2D eigenvalue weighted by molar-refractivity contribution is 7.98. The highest BCUT2D eigenvalue weighted by atomic mass is 32.2. The van der Waals surface area contributed by atoms with Gasteiger partial charge in [0.2, 0.25) is 5.91 Å². The van der Waals surface area contributed by atoms with Crippen molar-refractivity contribution in [1.29, 1.82) is 0 Å². The Morgan fingerprint density at radius 1 is 1.28 bits per heavy atom. The van der Waals surface area contributed by atoms with Crippen LogP contribution >= 0.6 is 11.8 Å². The van der Waals surface area contributed by atoms with E-state index in [0.717, 1.165) is 25.8 Å². The molecule has 0 aliphatic heterocycles. The second-order valence-corrected chi connectivity index (χ2v) is 6.20. The van der Waals surface area contributed by atoms with E-state index in [1.165, 1.54) is 31.4 Å². The SMILES string of the molecule is CSCCCCNC(C)C(=O)NC1CCCCC1. The number of hydrogen-bond donors (Lipinski definition) is 2. The zero-order valence-corrected chi connectivity index (χ0v) is 12.7. The molecule has 1 amide bonds. The quantitative estimate of drug-likeness (QED) is 0.667. The van der Waals surface area contributed by atoms with E-state index in [9.17, 15) is 4.79 Å². The van der Waals surface area contributed by atoms with Gasteiger partial charge in [0, 0.05) is 6.04 Å². The third-order valence-corrected chi connectivity index (χ3v) is 4.27. The van der Waals surface area contributed by atoms with Crippen molar-refractivity contribution in [1.82, 2.24) is 10.6 Å². The van der Waals surface area contributed by atoms with Crippen LogP contribution in [0.2, 0.25) is 0 Å². The summed E-state index contributed by atoms with van der Waals surface area (Å²) in [6.45, 7) is 2.91. The number of unbranched alkanes of at least 4 members (excludes halogenated alkanes) is 1. The average molecular weight is 272 g/mol. The van der Waals surface area contributed by atoms with Crippen LogP contribution in [0, 0.1) is 0 Å². The maximum absolute atomic E-state index is 12.0. The van der Waals surface area contributed by atoms with Crippen molar-refractivity contribution in [2.45, 2.75) is 64.0 Å². The number of thioether (sulfide) groups is 1. The van der Waals surface area contributed by atoms with E-state index < -0.39 is 0 Å². The van der Waals surface area contributed by atoms with E-state index in [0.29, 0.717) is 6.04 Å². The van der Waals surface area contributed by atoms with Crippen molar-refractivity contribution >= 4 is 17.7 Å². The van der Waals surface area contributed by atoms with Gasteiger partial charge >= 0.3 is 0 Å². The van der Waals surface area contributed by atoms with Gasteiger partial charge in [0.05, 0.1) is 6.04 Å². The monoisotopic (exact) mass is 272 g/mol. The number of hydrogen-bond acceptors (Lipinski definition) is 3. The zero-order chi connectivity index (χ0) is 13.2. The molecule has 0 aromatic rings. The first-order chi connectivity index (χ1) is 8.74. The molecule has 0 spiro atoms. The van der Waals surface area contributed by atoms with Gasteiger partial charge in [-0.3, -0.25) is 4.79 Å². The van der Waals surface area contributed by atoms with Gasteiger partial charge in [-0.15, -0.1) is 0 Å². The second kappa shape index (κ2) is 9.68. The van der Waals surface area contributed by atoms with E-state index >= 15 is 0 Å². The summed E-state index contributed by atoms with van der Waals surface area (Å²) >= 11 is 1.88. The predicted octanol–water partition coefficient (Wildman–Crippen LogP) is 2.56. The predicted molar refractivity (Wildman–Crippen MR) is 80.1 cm³/mol. The van der Waals surface area contributed by atoms with Crippen LogP contribution in [-0.4, -0.2) is 36.5 Å². The lowest BCUT2D eigenvalue weighted by Gasteiger charge is -2.24. The minimum absolute atomic E-state index is 0.0544. The molecule has 0 aromatic carbocycles. The molecule has 2 N–H and O–H groups in total. The molecule has 106 valence electrons. The van der Waals surface area contributed by atoms with Crippen molar-refractivity contribution in [3.8, 4) is 0 Å². The largest absolute Gasteiger partial charge is 0.352 e. The van der Waals surface area contributed by atoms with E-state index in [-0.39, 0.29) is 11.9 Å². The molecule has 1 unspecified atom stereocenters. The lowest BCUT2D eigenvalue weighted by Crippen LogP contribution is -2.47. The Kier molecular flexibility index (Phi) is 8.51. The Morgan fingerprint density at radius 2 is 2.00 bits per heavy atom. The Bertz CT molecular complexity index is 230. The van der Waals surface area contributed by atoms with Crippen LogP contribution in [0.3, 0.4) is 0 Å². The van der Waals surface area contributed by atoms with E-state index in [1.807, 2.05) is 18.7 Å². The summed E-state index contributed by atoms with van der Waals surface area (Å²) in [6.07, 6.45) is 10.7. The Balaban J connectivity index is 2.08. The second-order valence-electron chi connectivity index (χ2n) is 5.22. The summed E-state index contributed by atoms with van der Waals surface area (Å²) in [5, 5.41) is 6.47. The van der Waals surface area contributed by atoms with Crippen molar-refractivity contribution in [3.05, 3.63) is 0 Å². The Hall–Kier alpha value is -0.220. The maximum Gasteiger partial charge on any atom is 0.237 e. The van der Waals surface area contributed by atoms with Gasteiger partial charge in [-0.2, -0.15) is 11.8 Å². The van der Waals surface area contributed by atoms with Gasteiger partial charge in [-0.25, -0.2) is 0 Å². The molecule has 18 heavy (non-hydrogen) atoms. The number of rotatable bonds is 8. The van der Waals surface area contributed by atoms with Gasteiger partial charge in [0.1, 0.15) is 0 Å². The molecular weight excluding hydrogens is 244 g/mol. The standard InChI is InChI=1S/C14H28N2OS/c1-12(15-10-6-7-11-18-2)14(17)16-13-8-4-3-5-9-13/h12-13,15H,3-11H2,1-2H3,(H,16,17). The van der Waals surface area contributed by atoms with Gasteiger partial charge in [-0.05, 0) is 51.2 Å². The summed E-state index contributed by atoms with van der Waals surface area (Å²) in [7, 11) is 0. The molecule has 1 aliphatic carbocycles. The molecule has 0 radical (unpaired) electrons. The van der Waals surface area contributed by atoms with Crippen LogP contribution in [0.1, 0.15) is 51.9 Å². The maximum atomic E-state index is 12.0. The topological polar surface area (TPSA) is 41.1 Å². The van der Waals surface area contributed by atoms with Crippen molar-refractivity contribution < 1.29 is 4.79 Å². The molecule has 0 saturated heterocycles. The fourth-order valence-electron chi connectivity index (χ4n) is 2.36. The van der Waals surface area contributed by atoms with Gasteiger partial charge in [0.15, 0.2) is 0 Å². The average Bonchev–Trinajstić information content (AvgIpc) is 2.39. The summed E-state index contributed by atoms with van der Waals surface area (Å²) in [5.41, 5.74) is 0. The summed E-state index contributed by atoms with van der Waals surface area (Å²) in [6, 6.07) is 0.369. The third kappa shape index (κ3) is 6.64. The first kappa shape index (κ1) is 15.8. The number of carbonyl (C=O) groups excluding carboxylic acids is 1. The normalized spacial score (nSPS) is 18.6. The van der Waals surface area contributed by atoms with E-state index in [4.69, 9.17) is 0 Å². The number of carbonyl (C=O) groups is 1. The fraction of sp³-hybridized carbons (Fsp3) is 0.929.